The second kappa shape index (κ2) is 11.6. The van der Waals surface area contributed by atoms with Crippen LogP contribution in [0.4, 0.5) is 23.7 Å². The molecule has 5 rings (SSSR count). The van der Waals surface area contributed by atoms with Crippen molar-refractivity contribution in [1.29, 1.82) is 0 Å². The standard InChI is InChI=1S/C30H31F3N4O3/c31-23-6-4-22(5-7-23)30(28(39)34-27(38)21-2-1-3-25(33)20-21)12-14-36(15-13-30)29(40)37-18-16-35(17-19-37)26-10-8-24(32)9-11-26/h1-11,20,27,38H,12-19H2,(H,34,39)/t27-/m0/s1. The average Bonchev–Trinajstić information content (AvgIpc) is 2.97. The molecule has 3 aromatic rings. The van der Waals surface area contributed by atoms with Crippen LogP contribution in [0.5, 0.6) is 0 Å². The van der Waals surface area contributed by atoms with Crippen molar-refractivity contribution in [3.63, 3.8) is 0 Å². The Kier molecular flexibility index (Phi) is 7.97. The zero-order valence-electron chi connectivity index (χ0n) is 21.9. The smallest absolute Gasteiger partial charge is 0.320 e. The number of piperazine rings is 1. The van der Waals surface area contributed by atoms with Gasteiger partial charge in [0, 0.05) is 50.5 Å². The van der Waals surface area contributed by atoms with Crippen LogP contribution in [0.15, 0.2) is 72.8 Å². The molecule has 0 aliphatic carbocycles. The summed E-state index contributed by atoms with van der Waals surface area (Å²) in [6, 6.07) is 17.2. The van der Waals surface area contributed by atoms with Crippen molar-refractivity contribution in [3.8, 4) is 0 Å². The number of urea groups is 1. The van der Waals surface area contributed by atoms with Gasteiger partial charge in [-0.2, -0.15) is 0 Å². The Balaban J connectivity index is 1.26. The maximum atomic E-state index is 13.7. The lowest BCUT2D eigenvalue weighted by atomic mass is 9.72. The average molecular weight is 553 g/mol. The Bertz CT molecular complexity index is 1340. The van der Waals surface area contributed by atoms with Crippen LogP contribution in [0, 0.1) is 17.5 Å². The molecule has 3 aromatic carbocycles. The summed E-state index contributed by atoms with van der Waals surface area (Å²) in [5.41, 5.74) is 0.579. The molecule has 3 amide bonds. The van der Waals surface area contributed by atoms with Crippen LogP contribution >= 0.6 is 0 Å². The van der Waals surface area contributed by atoms with Crippen molar-refractivity contribution < 1.29 is 27.9 Å². The molecule has 0 spiro atoms. The van der Waals surface area contributed by atoms with Crippen molar-refractivity contribution >= 4 is 17.6 Å². The number of nitrogens with zero attached hydrogens (tertiary/aromatic N) is 3. The van der Waals surface area contributed by atoms with E-state index in [1.54, 1.807) is 34.1 Å². The van der Waals surface area contributed by atoms with Crippen LogP contribution < -0.4 is 10.2 Å². The van der Waals surface area contributed by atoms with Gasteiger partial charge in [-0.1, -0.05) is 24.3 Å². The lowest BCUT2D eigenvalue weighted by Crippen LogP contribution is -2.57. The summed E-state index contributed by atoms with van der Waals surface area (Å²) in [4.78, 5) is 32.6. The summed E-state index contributed by atoms with van der Waals surface area (Å²) < 4.78 is 40.7. The molecule has 2 fully saturated rings. The fraction of sp³-hybridized carbons (Fsp3) is 0.333. The molecule has 2 N–H and O–H groups in total. The van der Waals surface area contributed by atoms with E-state index in [2.05, 4.69) is 10.2 Å². The lowest BCUT2D eigenvalue weighted by molar-refractivity contribution is -0.131. The van der Waals surface area contributed by atoms with Crippen molar-refractivity contribution in [3.05, 3.63) is 101 Å². The Morgan fingerprint density at radius 1 is 0.750 bits per heavy atom. The van der Waals surface area contributed by atoms with Crippen LogP contribution in [-0.4, -0.2) is 66.1 Å². The number of nitrogens with one attached hydrogen (secondary N) is 1. The van der Waals surface area contributed by atoms with Crippen LogP contribution in [0.1, 0.15) is 30.2 Å². The molecule has 1 atom stereocenters. The van der Waals surface area contributed by atoms with E-state index in [0.717, 1.165) is 11.8 Å². The number of amides is 3. The van der Waals surface area contributed by atoms with E-state index in [4.69, 9.17) is 0 Å². The summed E-state index contributed by atoms with van der Waals surface area (Å²) in [6.07, 6.45) is -0.902. The zero-order chi connectivity index (χ0) is 28.3. The second-order valence-electron chi connectivity index (χ2n) is 10.2. The van der Waals surface area contributed by atoms with Crippen LogP contribution in [0.25, 0.3) is 0 Å². The maximum absolute atomic E-state index is 13.7. The SMILES string of the molecule is O=C(N1CCN(c2ccc(F)cc2)CC1)N1CCC(C(=O)N[C@@H](O)c2cccc(F)c2)(c2ccc(F)cc2)CC1. The minimum absolute atomic E-state index is 0.119. The van der Waals surface area contributed by atoms with Gasteiger partial charge in [0.25, 0.3) is 0 Å². The second-order valence-corrected chi connectivity index (χ2v) is 10.2. The highest BCUT2D eigenvalue weighted by molar-refractivity contribution is 5.89. The third-order valence-electron chi connectivity index (χ3n) is 7.89. The Morgan fingerprint density at radius 2 is 1.32 bits per heavy atom. The molecule has 0 bridgehead atoms. The fourth-order valence-corrected chi connectivity index (χ4v) is 5.53. The summed E-state index contributed by atoms with van der Waals surface area (Å²) in [5, 5.41) is 13.2. The summed E-state index contributed by atoms with van der Waals surface area (Å²) >= 11 is 0. The normalized spacial score (nSPS) is 17.9. The predicted octanol–water partition coefficient (Wildman–Crippen LogP) is 4.19. The van der Waals surface area contributed by atoms with Gasteiger partial charge in [-0.15, -0.1) is 0 Å². The first kappa shape index (κ1) is 27.5. The number of hydrogen-bond acceptors (Lipinski definition) is 4. The van der Waals surface area contributed by atoms with Crippen molar-refractivity contribution in [2.24, 2.45) is 0 Å². The van der Waals surface area contributed by atoms with Gasteiger partial charge < -0.3 is 25.1 Å². The molecular weight excluding hydrogens is 521 g/mol. The monoisotopic (exact) mass is 552 g/mol. The number of carbonyl (C=O) groups is 2. The van der Waals surface area contributed by atoms with Gasteiger partial charge >= 0.3 is 6.03 Å². The van der Waals surface area contributed by atoms with Gasteiger partial charge in [-0.25, -0.2) is 18.0 Å². The zero-order valence-corrected chi connectivity index (χ0v) is 21.9. The first-order valence-electron chi connectivity index (χ1n) is 13.3. The first-order chi connectivity index (χ1) is 19.2. The van der Waals surface area contributed by atoms with Crippen LogP contribution in [-0.2, 0) is 10.2 Å². The van der Waals surface area contributed by atoms with Crippen molar-refractivity contribution in [2.75, 3.05) is 44.2 Å². The molecule has 2 aliphatic rings. The number of carbonyl (C=O) groups excluding carboxylic acids is 2. The number of halogens is 3. The number of benzene rings is 3. The number of anilines is 1. The third-order valence-corrected chi connectivity index (χ3v) is 7.89. The van der Waals surface area contributed by atoms with E-state index in [1.807, 2.05) is 0 Å². The Labute approximate surface area is 230 Å². The highest BCUT2D eigenvalue weighted by Crippen LogP contribution is 2.37. The van der Waals surface area contributed by atoms with E-state index >= 15 is 0 Å². The van der Waals surface area contributed by atoms with Gasteiger partial charge in [0.05, 0.1) is 5.41 Å². The van der Waals surface area contributed by atoms with Gasteiger partial charge in [-0.05, 0) is 66.9 Å². The molecule has 0 aromatic heterocycles. The van der Waals surface area contributed by atoms with Crippen LogP contribution in [0.2, 0.25) is 0 Å². The van der Waals surface area contributed by atoms with Gasteiger partial charge in [0.1, 0.15) is 17.5 Å². The Morgan fingerprint density at radius 3 is 1.93 bits per heavy atom. The molecule has 10 heteroatoms. The van der Waals surface area contributed by atoms with Crippen LogP contribution in [0.3, 0.4) is 0 Å². The Hall–Kier alpha value is -4.05. The molecule has 7 nitrogen and oxygen atoms in total. The fourth-order valence-electron chi connectivity index (χ4n) is 5.53. The maximum Gasteiger partial charge on any atom is 0.320 e. The predicted molar refractivity (Wildman–Crippen MR) is 144 cm³/mol. The molecule has 2 aliphatic heterocycles. The molecular formula is C30H31F3N4O3. The van der Waals surface area contributed by atoms with Crippen molar-refractivity contribution in [2.45, 2.75) is 24.5 Å². The van der Waals surface area contributed by atoms with E-state index in [9.17, 15) is 27.9 Å². The van der Waals surface area contributed by atoms with E-state index in [1.165, 1.54) is 42.5 Å². The summed E-state index contributed by atoms with van der Waals surface area (Å²) in [5.74, 6) is -1.75. The van der Waals surface area contributed by atoms with Crippen molar-refractivity contribution in [1.82, 2.24) is 15.1 Å². The molecule has 2 saturated heterocycles. The number of hydrogen-bond donors (Lipinski definition) is 2. The molecule has 40 heavy (non-hydrogen) atoms. The van der Waals surface area contributed by atoms with Gasteiger partial charge in [0.15, 0.2) is 6.23 Å². The molecule has 210 valence electrons. The summed E-state index contributed by atoms with van der Waals surface area (Å²) in [7, 11) is 0. The van der Waals surface area contributed by atoms with E-state index in [-0.39, 0.29) is 43.3 Å². The molecule has 2 heterocycles. The third kappa shape index (κ3) is 5.77. The van der Waals surface area contributed by atoms with Gasteiger partial charge in [0.2, 0.25) is 5.91 Å². The highest BCUT2D eigenvalue weighted by atomic mass is 19.1. The molecule has 0 unspecified atom stereocenters. The largest absolute Gasteiger partial charge is 0.369 e. The number of likely N-dealkylation sites (tertiary alicyclic amines) is 1. The highest BCUT2D eigenvalue weighted by Gasteiger charge is 2.45. The quantitative estimate of drug-likeness (QED) is 0.466. The molecule has 0 radical (unpaired) electrons. The van der Waals surface area contributed by atoms with Gasteiger partial charge in [-0.3, -0.25) is 4.79 Å². The molecule has 0 saturated carbocycles. The minimum Gasteiger partial charge on any atom is -0.369 e. The topological polar surface area (TPSA) is 76.1 Å². The number of piperidine rings is 1. The number of aliphatic hydroxyl groups excluding tert-OH is 1. The minimum atomic E-state index is -1.43. The van der Waals surface area contributed by atoms with E-state index in [0.29, 0.717) is 31.7 Å². The first-order valence-corrected chi connectivity index (χ1v) is 13.3. The van der Waals surface area contributed by atoms with E-state index < -0.39 is 29.2 Å². The number of rotatable bonds is 5. The number of aliphatic hydroxyl groups is 1. The lowest BCUT2D eigenvalue weighted by Gasteiger charge is -2.44. The summed E-state index contributed by atoms with van der Waals surface area (Å²) in [6.45, 7) is 2.83.